The maximum atomic E-state index is 6.38. The number of halogens is 1. The van der Waals surface area contributed by atoms with E-state index in [9.17, 15) is 0 Å². The second-order valence-corrected chi connectivity index (χ2v) is 6.06. The summed E-state index contributed by atoms with van der Waals surface area (Å²) in [5.41, 5.74) is 5.84. The van der Waals surface area contributed by atoms with E-state index in [4.69, 9.17) is 11.6 Å². The highest BCUT2D eigenvalue weighted by Crippen LogP contribution is 2.30. The van der Waals surface area contributed by atoms with E-state index in [0.29, 0.717) is 6.04 Å². The molecule has 1 aromatic heterocycles. The molecule has 2 aromatic rings. The summed E-state index contributed by atoms with van der Waals surface area (Å²) in [6.07, 6.45) is 6.41. The number of benzene rings is 1. The molecule has 3 rings (SSSR count). The predicted octanol–water partition coefficient (Wildman–Crippen LogP) is 4.27. The molecule has 20 heavy (non-hydrogen) atoms. The summed E-state index contributed by atoms with van der Waals surface area (Å²) in [6, 6.07) is 7.07. The first-order chi connectivity index (χ1) is 9.63. The van der Waals surface area contributed by atoms with Crippen molar-refractivity contribution in [3.8, 4) is 11.1 Å². The molecule has 1 heterocycles. The maximum Gasteiger partial charge on any atom is 0.0487 e. The number of hydrogen-bond acceptors (Lipinski definition) is 2. The van der Waals surface area contributed by atoms with Gasteiger partial charge in [0.2, 0.25) is 0 Å². The van der Waals surface area contributed by atoms with Crippen LogP contribution in [-0.4, -0.2) is 11.0 Å². The van der Waals surface area contributed by atoms with E-state index < -0.39 is 0 Å². The van der Waals surface area contributed by atoms with Crippen LogP contribution in [0, 0.1) is 13.8 Å². The Morgan fingerprint density at radius 2 is 1.90 bits per heavy atom. The van der Waals surface area contributed by atoms with Gasteiger partial charge in [0.05, 0.1) is 0 Å². The number of nitrogens with zero attached hydrogens (tertiary/aromatic N) is 1. The molecule has 1 fully saturated rings. The first-order valence-corrected chi connectivity index (χ1v) is 7.46. The highest BCUT2D eigenvalue weighted by molar-refractivity contribution is 6.33. The highest BCUT2D eigenvalue weighted by atomic mass is 35.5. The topological polar surface area (TPSA) is 24.9 Å². The number of nitrogens with one attached hydrogen (secondary N) is 1. The molecular weight excluding hydrogens is 268 g/mol. The predicted molar refractivity (Wildman–Crippen MR) is 84.0 cm³/mol. The lowest BCUT2D eigenvalue weighted by Crippen LogP contribution is -2.15. The van der Waals surface area contributed by atoms with Gasteiger partial charge in [-0.1, -0.05) is 11.6 Å². The second-order valence-electron chi connectivity index (χ2n) is 5.65. The Bertz CT molecular complexity index is 633. The first-order valence-electron chi connectivity index (χ1n) is 7.08. The quantitative estimate of drug-likeness (QED) is 0.908. The van der Waals surface area contributed by atoms with Crippen LogP contribution in [-0.2, 0) is 6.54 Å². The lowest BCUT2D eigenvalue weighted by atomic mass is 10.0. The molecule has 1 N–H and O–H groups in total. The molecule has 1 aliphatic carbocycles. The van der Waals surface area contributed by atoms with Gasteiger partial charge in [-0.05, 0) is 61.6 Å². The van der Waals surface area contributed by atoms with Crippen LogP contribution < -0.4 is 5.32 Å². The van der Waals surface area contributed by atoms with Crippen LogP contribution in [0.5, 0.6) is 0 Å². The minimum absolute atomic E-state index is 0.712. The second kappa shape index (κ2) is 5.55. The van der Waals surface area contributed by atoms with Gasteiger partial charge in [0.1, 0.15) is 0 Å². The average molecular weight is 287 g/mol. The molecule has 1 aromatic carbocycles. The summed E-state index contributed by atoms with van der Waals surface area (Å²) in [6.45, 7) is 5.08. The van der Waals surface area contributed by atoms with Gasteiger partial charge in [0.25, 0.3) is 0 Å². The zero-order valence-corrected chi connectivity index (χ0v) is 12.7. The number of rotatable bonds is 4. The van der Waals surface area contributed by atoms with Crippen LogP contribution in [0.4, 0.5) is 0 Å². The van der Waals surface area contributed by atoms with Crippen molar-refractivity contribution < 1.29 is 0 Å². The molecule has 0 atom stereocenters. The average Bonchev–Trinajstić information content (AvgIpc) is 3.25. The van der Waals surface area contributed by atoms with Crippen molar-refractivity contribution in [2.45, 2.75) is 39.3 Å². The Balaban J connectivity index is 1.89. The maximum absolute atomic E-state index is 6.38. The molecule has 3 heteroatoms. The van der Waals surface area contributed by atoms with Crippen molar-refractivity contribution in [2.75, 3.05) is 0 Å². The first kappa shape index (κ1) is 13.6. The Morgan fingerprint density at radius 3 is 2.65 bits per heavy atom. The van der Waals surface area contributed by atoms with Crippen LogP contribution in [0.2, 0.25) is 5.02 Å². The normalized spacial score (nSPS) is 14.6. The number of pyridine rings is 1. The number of hydrogen-bond donors (Lipinski definition) is 1. The monoisotopic (exact) mass is 286 g/mol. The molecule has 0 saturated heterocycles. The zero-order chi connectivity index (χ0) is 14.1. The zero-order valence-electron chi connectivity index (χ0n) is 11.9. The van der Waals surface area contributed by atoms with Gasteiger partial charge < -0.3 is 5.32 Å². The summed E-state index contributed by atoms with van der Waals surface area (Å²) < 4.78 is 0. The van der Waals surface area contributed by atoms with Crippen molar-refractivity contribution in [3.63, 3.8) is 0 Å². The van der Waals surface area contributed by atoms with Crippen LogP contribution in [0.1, 0.15) is 29.5 Å². The molecule has 0 bridgehead atoms. The minimum atomic E-state index is 0.712. The molecule has 1 saturated carbocycles. The third-order valence-corrected chi connectivity index (χ3v) is 4.17. The van der Waals surface area contributed by atoms with E-state index in [-0.39, 0.29) is 0 Å². The van der Waals surface area contributed by atoms with Gasteiger partial charge >= 0.3 is 0 Å². The molecule has 0 amide bonds. The SMILES string of the molecule is Cc1cc(Cl)c(-c2cncc(CNC3CC3)c2)cc1C. The molecule has 0 spiro atoms. The van der Waals surface area contributed by atoms with Gasteiger partial charge in [-0.3, -0.25) is 4.98 Å². The molecule has 0 aliphatic heterocycles. The Kier molecular flexibility index (Phi) is 3.77. The van der Waals surface area contributed by atoms with Gasteiger partial charge in [-0.2, -0.15) is 0 Å². The third-order valence-electron chi connectivity index (χ3n) is 3.86. The van der Waals surface area contributed by atoms with Crippen LogP contribution in [0.15, 0.2) is 30.6 Å². The minimum Gasteiger partial charge on any atom is -0.310 e. The van der Waals surface area contributed by atoms with Crippen LogP contribution >= 0.6 is 11.6 Å². The summed E-state index contributed by atoms with van der Waals surface area (Å²) >= 11 is 6.38. The highest BCUT2D eigenvalue weighted by Gasteiger charge is 2.20. The van der Waals surface area contributed by atoms with Gasteiger partial charge in [-0.15, -0.1) is 0 Å². The van der Waals surface area contributed by atoms with Crippen LogP contribution in [0.25, 0.3) is 11.1 Å². The Hall–Kier alpha value is -1.38. The fourth-order valence-electron chi connectivity index (χ4n) is 2.28. The van der Waals surface area contributed by atoms with Crippen molar-refractivity contribution >= 4 is 11.6 Å². The summed E-state index contributed by atoms with van der Waals surface area (Å²) in [7, 11) is 0. The molecule has 104 valence electrons. The van der Waals surface area contributed by atoms with Gasteiger partial charge in [0, 0.05) is 41.1 Å². The standard InChI is InChI=1S/C17H19ClN2/c1-11-5-16(17(18)6-12(11)2)14-7-13(8-19-10-14)9-20-15-3-4-15/h5-8,10,15,20H,3-4,9H2,1-2H3. The largest absolute Gasteiger partial charge is 0.310 e. The van der Waals surface area contributed by atoms with Crippen molar-refractivity contribution in [3.05, 3.63) is 52.3 Å². The van der Waals surface area contributed by atoms with Crippen molar-refractivity contribution in [1.82, 2.24) is 10.3 Å². The lowest BCUT2D eigenvalue weighted by Gasteiger charge is -2.10. The smallest absolute Gasteiger partial charge is 0.0487 e. The fourth-order valence-corrected chi connectivity index (χ4v) is 2.61. The third kappa shape index (κ3) is 3.02. The fraction of sp³-hybridized carbons (Fsp3) is 0.353. The summed E-state index contributed by atoms with van der Waals surface area (Å²) in [5, 5.41) is 4.31. The van der Waals surface area contributed by atoms with E-state index in [2.05, 4.69) is 36.3 Å². The number of aromatic nitrogens is 1. The summed E-state index contributed by atoms with van der Waals surface area (Å²) in [5.74, 6) is 0. The van der Waals surface area contributed by atoms with E-state index in [1.807, 2.05) is 18.5 Å². The Labute approximate surface area is 125 Å². The molecule has 2 nitrogen and oxygen atoms in total. The summed E-state index contributed by atoms with van der Waals surface area (Å²) in [4.78, 5) is 4.35. The number of aryl methyl sites for hydroxylation is 2. The molecule has 0 unspecified atom stereocenters. The van der Waals surface area contributed by atoms with Gasteiger partial charge in [0.15, 0.2) is 0 Å². The van der Waals surface area contributed by atoms with Crippen molar-refractivity contribution in [1.29, 1.82) is 0 Å². The van der Waals surface area contributed by atoms with Crippen LogP contribution in [0.3, 0.4) is 0 Å². The van der Waals surface area contributed by atoms with Gasteiger partial charge in [-0.25, -0.2) is 0 Å². The Morgan fingerprint density at radius 1 is 1.15 bits per heavy atom. The molecular formula is C17H19ClN2. The molecule has 1 aliphatic rings. The molecule has 0 radical (unpaired) electrons. The lowest BCUT2D eigenvalue weighted by molar-refractivity contribution is 0.686. The van der Waals surface area contributed by atoms with E-state index in [0.717, 1.165) is 22.7 Å². The van der Waals surface area contributed by atoms with E-state index in [1.165, 1.54) is 29.5 Å². The van der Waals surface area contributed by atoms with Crippen molar-refractivity contribution in [2.24, 2.45) is 0 Å². The van der Waals surface area contributed by atoms with E-state index >= 15 is 0 Å². The van der Waals surface area contributed by atoms with E-state index in [1.54, 1.807) is 0 Å².